The number of hydrogen-bond donors (Lipinski definition) is 3. The minimum atomic E-state index is -1.07. The van der Waals surface area contributed by atoms with Crippen molar-refractivity contribution in [3.05, 3.63) is 77.0 Å². The Morgan fingerprint density at radius 2 is 1.79 bits per heavy atom. The summed E-state index contributed by atoms with van der Waals surface area (Å²) < 4.78 is 29.8. The van der Waals surface area contributed by atoms with Crippen LogP contribution in [0.25, 0.3) is 10.9 Å². The molecule has 8 heteroatoms. The van der Waals surface area contributed by atoms with E-state index in [2.05, 4.69) is 16.0 Å². The summed E-state index contributed by atoms with van der Waals surface area (Å²) >= 11 is 0. The van der Waals surface area contributed by atoms with E-state index >= 15 is 0 Å². The number of urea groups is 1. The smallest absolute Gasteiger partial charge is 0.316 e. The van der Waals surface area contributed by atoms with Gasteiger partial charge in [-0.1, -0.05) is 24.3 Å². The highest BCUT2D eigenvalue weighted by Crippen LogP contribution is 2.45. The number of nitrogens with zero attached hydrogens (tertiary/aromatic N) is 1. The van der Waals surface area contributed by atoms with Gasteiger partial charge in [-0.25, -0.2) is 13.6 Å². The van der Waals surface area contributed by atoms with Gasteiger partial charge in [-0.3, -0.25) is 9.78 Å². The number of halogens is 2. The van der Waals surface area contributed by atoms with Crippen molar-refractivity contribution in [1.29, 1.82) is 0 Å². The van der Waals surface area contributed by atoms with E-state index in [0.717, 1.165) is 42.3 Å². The van der Waals surface area contributed by atoms with Gasteiger partial charge in [0, 0.05) is 23.4 Å². The van der Waals surface area contributed by atoms with Gasteiger partial charge >= 0.3 is 6.03 Å². The van der Waals surface area contributed by atoms with E-state index in [1.54, 1.807) is 0 Å². The van der Waals surface area contributed by atoms with Gasteiger partial charge in [0.05, 0.1) is 16.7 Å². The summed E-state index contributed by atoms with van der Waals surface area (Å²) in [5.41, 5.74) is 1.47. The molecular weight excluding hydrogens is 438 g/mol. The second kappa shape index (κ2) is 7.75. The minimum absolute atomic E-state index is 0.0533. The molecule has 2 atom stereocenters. The molecule has 1 saturated heterocycles. The Labute approximate surface area is 195 Å². The zero-order valence-electron chi connectivity index (χ0n) is 18.4. The number of para-hydroxylation sites is 1. The van der Waals surface area contributed by atoms with Crippen LogP contribution in [0, 0.1) is 11.6 Å². The summed E-state index contributed by atoms with van der Waals surface area (Å²) in [5.74, 6) is -2.43. The van der Waals surface area contributed by atoms with Gasteiger partial charge in [0.2, 0.25) is 5.91 Å². The van der Waals surface area contributed by atoms with Crippen molar-refractivity contribution in [1.82, 2.24) is 20.9 Å². The van der Waals surface area contributed by atoms with Crippen molar-refractivity contribution < 1.29 is 18.4 Å². The van der Waals surface area contributed by atoms with Crippen LogP contribution in [0.2, 0.25) is 0 Å². The van der Waals surface area contributed by atoms with Crippen molar-refractivity contribution in [2.24, 2.45) is 0 Å². The zero-order valence-corrected chi connectivity index (χ0v) is 18.4. The molecule has 2 heterocycles. The summed E-state index contributed by atoms with van der Waals surface area (Å²) in [6, 6.07) is 12.7. The maximum Gasteiger partial charge on any atom is 0.316 e. The van der Waals surface area contributed by atoms with Crippen LogP contribution >= 0.6 is 0 Å². The molecule has 6 rings (SSSR count). The number of hydrogen-bond acceptors (Lipinski definition) is 3. The second-order valence-corrected chi connectivity index (χ2v) is 9.57. The Kier molecular flexibility index (Phi) is 4.79. The SMILES string of the molecule is O=C(N[C@@H]1C(=O)NC[C@H]1c1c(F)cc(C2CC2)cc1F)NC1(c2ccc3ccccc3n2)CC1. The summed E-state index contributed by atoms with van der Waals surface area (Å²) in [4.78, 5) is 30.1. The van der Waals surface area contributed by atoms with Crippen LogP contribution in [0.5, 0.6) is 0 Å². The van der Waals surface area contributed by atoms with Crippen LogP contribution in [0.3, 0.4) is 0 Å². The number of nitrogens with one attached hydrogen (secondary N) is 3. The van der Waals surface area contributed by atoms with E-state index in [1.807, 2.05) is 36.4 Å². The molecule has 6 nitrogen and oxygen atoms in total. The normalized spacial score (nSPS) is 22.9. The molecule has 3 fully saturated rings. The summed E-state index contributed by atoms with van der Waals surface area (Å²) in [6.07, 6.45) is 3.30. The van der Waals surface area contributed by atoms with Crippen molar-refractivity contribution in [2.45, 2.75) is 49.1 Å². The molecule has 174 valence electrons. The van der Waals surface area contributed by atoms with Crippen LogP contribution in [0.15, 0.2) is 48.5 Å². The summed E-state index contributed by atoms with van der Waals surface area (Å²) in [5, 5.41) is 9.25. The Morgan fingerprint density at radius 3 is 2.50 bits per heavy atom. The minimum Gasteiger partial charge on any atom is -0.354 e. The predicted octanol–water partition coefficient (Wildman–Crippen LogP) is 3.96. The average molecular weight is 463 g/mol. The molecule has 2 aliphatic carbocycles. The van der Waals surface area contributed by atoms with Crippen LogP contribution in [-0.2, 0) is 10.3 Å². The second-order valence-electron chi connectivity index (χ2n) is 9.57. The number of amides is 3. The quantitative estimate of drug-likeness (QED) is 0.537. The summed E-state index contributed by atoms with van der Waals surface area (Å²) in [6.45, 7) is 0.0533. The van der Waals surface area contributed by atoms with E-state index in [1.165, 1.54) is 12.1 Å². The number of carbonyl (C=O) groups excluding carboxylic acids is 2. The maximum atomic E-state index is 14.9. The first-order valence-corrected chi connectivity index (χ1v) is 11.6. The lowest BCUT2D eigenvalue weighted by atomic mass is 9.91. The number of rotatable bonds is 5. The molecule has 3 aromatic rings. The zero-order chi connectivity index (χ0) is 23.4. The molecule has 0 radical (unpaired) electrons. The Balaban J connectivity index is 1.21. The van der Waals surface area contributed by atoms with Gasteiger partial charge in [0.25, 0.3) is 0 Å². The molecule has 3 N–H and O–H groups in total. The van der Waals surface area contributed by atoms with Gasteiger partial charge in [-0.05, 0) is 61.4 Å². The average Bonchev–Trinajstić information content (AvgIpc) is 3.74. The van der Waals surface area contributed by atoms with Gasteiger partial charge in [-0.2, -0.15) is 0 Å². The fourth-order valence-corrected chi connectivity index (χ4v) is 4.96. The van der Waals surface area contributed by atoms with E-state index in [9.17, 15) is 18.4 Å². The third-order valence-electron chi connectivity index (χ3n) is 7.18. The van der Waals surface area contributed by atoms with Gasteiger partial charge in [0.1, 0.15) is 17.7 Å². The van der Waals surface area contributed by atoms with Crippen LogP contribution in [-0.4, -0.2) is 29.5 Å². The maximum absolute atomic E-state index is 14.9. The van der Waals surface area contributed by atoms with Crippen LogP contribution in [0.4, 0.5) is 13.6 Å². The molecule has 3 aliphatic rings. The van der Waals surface area contributed by atoms with Gasteiger partial charge in [-0.15, -0.1) is 0 Å². The lowest BCUT2D eigenvalue weighted by Gasteiger charge is -2.23. The molecular formula is C26H24F2N4O2. The number of aromatic nitrogens is 1. The highest BCUT2D eigenvalue weighted by atomic mass is 19.1. The van der Waals surface area contributed by atoms with Crippen molar-refractivity contribution in [3.63, 3.8) is 0 Å². The Morgan fingerprint density at radius 1 is 1.06 bits per heavy atom. The third kappa shape index (κ3) is 3.67. The first kappa shape index (κ1) is 21.0. The Bertz CT molecular complexity index is 1300. The van der Waals surface area contributed by atoms with E-state index in [4.69, 9.17) is 4.98 Å². The molecule has 34 heavy (non-hydrogen) atoms. The molecule has 1 aliphatic heterocycles. The molecule has 0 unspecified atom stereocenters. The predicted molar refractivity (Wildman–Crippen MR) is 122 cm³/mol. The summed E-state index contributed by atoms with van der Waals surface area (Å²) in [7, 11) is 0. The molecule has 3 amide bonds. The van der Waals surface area contributed by atoms with E-state index in [0.29, 0.717) is 5.56 Å². The van der Waals surface area contributed by atoms with E-state index < -0.39 is 41.1 Å². The third-order valence-corrected chi connectivity index (χ3v) is 7.18. The Hall–Kier alpha value is -3.55. The van der Waals surface area contributed by atoms with Crippen molar-refractivity contribution in [2.75, 3.05) is 6.54 Å². The van der Waals surface area contributed by atoms with Crippen LogP contribution < -0.4 is 16.0 Å². The molecule has 0 spiro atoms. The number of fused-ring (bicyclic) bond motifs is 1. The van der Waals surface area contributed by atoms with E-state index in [-0.39, 0.29) is 18.0 Å². The largest absolute Gasteiger partial charge is 0.354 e. The molecule has 2 aromatic carbocycles. The first-order valence-electron chi connectivity index (χ1n) is 11.6. The fourth-order valence-electron chi connectivity index (χ4n) is 4.96. The first-order chi connectivity index (χ1) is 16.4. The highest BCUT2D eigenvalue weighted by Gasteiger charge is 2.48. The number of benzene rings is 2. The fraction of sp³-hybridized carbons (Fsp3) is 0.346. The lowest BCUT2D eigenvalue weighted by molar-refractivity contribution is -0.120. The number of pyridine rings is 1. The molecule has 0 bridgehead atoms. The van der Waals surface area contributed by atoms with Crippen molar-refractivity contribution in [3.8, 4) is 0 Å². The number of carbonyl (C=O) groups is 2. The molecule has 2 saturated carbocycles. The standard InChI is InChI=1S/C26H24F2N4O2/c27-18-11-16(14-5-6-14)12-19(28)22(18)17-13-29-24(33)23(17)31-25(34)32-26(9-10-26)21-8-7-15-3-1-2-4-20(15)30-21/h1-4,7-8,11-12,14,17,23H,5-6,9-10,13H2,(H,29,33)(H2,31,32,34)/t17-,23-/m0/s1. The van der Waals surface area contributed by atoms with Gasteiger partial charge < -0.3 is 16.0 Å². The van der Waals surface area contributed by atoms with Crippen molar-refractivity contribution >= 4 is 22.8 Å². The highest BCUT2D eigenvalue weighted by molar-refractivity contribution is 5.90. The lowest BCUT2D eigenvalue weighted by Crippen LogP contribution is -2.50. The van der Waals surface area contributed by atoms with Gasteiger partial charge in [0.15, 0.2) is 0 Å². The monoisotopic (exact) mass is 462 g/mol. The van der Waals surface area contributed by atoms with Crippen LogP contribution in [0.1, 0.15) is 54.3 Å². The molecule has 1 aromatic heterocycles. The topological polar surface area (TPSA) is 83.1 Å².